The van der Waals surface area contributed by atoms with E-state index in [1.165, 1.54) is 0 Å². The molecule has 3 heteroatoms. The zero-order valence-electron chi connectivity index (χ0n) is 3.15. The Bertz CT molecular complexity index is 63.2. The molecule has 0 bridgehead atoms. The summed E-state index contributed by atoms with van der Waals surface area (Å²) < 4.78 is 6.08. The summed E-state index contributed by atoms with van der Waals surface area (Å²) in [6, 6.07) is 0. The quantitative estimate of drug-likeness (QED) is 0.173. The van der Waals surface area contributed by atoms with Crippen molar-refractivity contribution in [2.45, 2.75) is 0 Å². The van der Waals surface area contributed by atoms with E-state index in [9.17, 15) is 0 Å². The Labute approximate surface area is 46.1 Å². The molecule has 0 spiro atoms. The number of ether oxygens (including phenoxy) is 1. The van der Waals surface area contributed by atoms with E-state index in [1.54, 1.807) is 0 Å². The van der Waals surface area contributed by atoms with Crippen molar-refractivity contribution in [1.82, 2.24) is 0 Å². The van der Waals surface area contributed by atoms with Crippen LogP contribution in [0.25, 0.3) is 0 Å². The Morgan fingerprint density at radius 3 is 2.83 bits per heavy atom. The standard InChI is InChI=1S/C3H4IO2/c5-3-4-1-2-6-3/h1-2H2/q-1/p+1. The maximum atomic E-state index is 8.47. The molecule has 0 aromatic carbocycles. The van der Waals surface area contributed by atoms with E-state index in [2.05, 4.69) is 4.74 Å². The van der Waals surface area contributed by atoms with Gasteiger partial charge in [-0.2, -0.15) is 0 Å². The molecule has 0 amide bonds. The van der Waals surface area contributed by atoms with Crippen molar-refractivity contribution < 1.29 is 30.7 Å². The molecule has 1 fully saturated rings. The summed E-state index contributed by atoms with van der Waals surface area (Å²) in [6.07, 6.45) is 0. The average molecular weight is 200 g/mol. The Balaban J connectivity index is 2.37. The normalized spacial score (nSPS) is 22.3. The van der Waals surface area contributed by atoms with Gasteiger partial charge in [0.05, 0.1) is 0 Å². The summed E-state index contributed by atoms with van der Waals surface area (Å²) in [6.45, 7) is 0.749. The molecule has 1 N–H and O–H groups in total. The van der Waals surface area contributed by atoms with Gasteiger partial charge in [0.1, 0.15) is 0 Å². The summed E-state index contributed by atoms with van der Waals surface area (Å²) in [7, 11) is 0. The molecule has 0 atom stereocenters. The van der Waals surface area contributed by atoms with Crippen molar-refractivity contribution in [2.24, 2.45) is 0 Å². The van der Waals surface area contributed by atoms with Crippen molar-refractivity contribution in [3.8, 4) is 0 Å². The molecule has 0 aromatic heterocycles. The third kappa shape index (κ3) is 0.830. The molecule has 0 saturated carbocycles. The Morgan fingerprint density at radius 1 is 1.83 bits per heavy atom. The van der Waals surface area contributed by atoms with Gasteiger partial charge in [0.15, 0.2) is 0 Å². The number of hydrogen-bond donors (Lipinski definition) is 0. The van der Waals surface area contributed by atoms with Crippen molar-refractivity contribution >= 4 is 3.98 Å². The second-order valence-electron chi connectivity index (χ2n) is 0.924. The molecule has 2 nitrogen and oxygen atoms in total. The number of alkyl halides is 1. The SMILES string of the molecule is [OH+]=C1OCC[I-]1. The Hall–Kier alpha value is 0.200. The van der Waals surface area contributed by atoms with Crippen LogP contribution in [0.5, 0.6) is 0 Å². The van der Waals surface area contributed by atoms with Crippen molar-refractivity contribution in [2.75, 3.05) is 11.0 Å². The van der Waals surface area contributed by atoms with Gasteiger partial charge in [-0.3, -0.25) is 0 Å². The van der Waals surface area contributed by atoms with Crippen LogP contribution in [0.1, 0.15) is 0 Å². The topological polar surface area (TPSA) is 30.6 Å². The van der Waals surface area contributed by atoms with Crippen LogP contribution in [0.3, 0.4) is 0 Å². The number of rotatable bonds is 0. The fourth-order valence-corrected chi connectivity index (χ4v) is 1.62. The van der Waals surface area contributed by atoms with Gasteiger partial charge in [0.2, 0.25) is 0 Å². The van der Waals surface area contributed by atoms with Gasteiger partial charge in [-0.15, -0.1) is 0 Å². The van der Waals surface area contributed by atoms with E-state index in [-0.39, 0.29) is 21.2 Å². The van der Waals surface area contributed by atoms with Gasteiger partial charge in [0.25, 0.3) is 0 Å². The molecule has 0 radical (unpaired) electrons. The number of halogens is 1. The van der Waals surface area contributed by atoms with Crippen molar-refractivity contribution in [3.05, 3.63) is 0 Å². The molecular weight excluding hydrogens is 195 g/mol. The third-order valence-electron chi connectivity index (χ3n) is 0.507. The fourth-order valence-electron chi connectivity index (χ4n) is 0.281. The first kappa shape index (κ1) is 4.36. The maximum absolute atomic E-state index is 8.47. The summed E-state index contributed by atoms with van der Waals surface area (Å²) in [5.41, 5.74) is 0. The second-order valence-corrected chi connectivity index (χ2v) is 3.69. The van der Waals surface area contributed by atoms with Crippen molar-refractivity contribution in [1.29, 1.82) is 0 Å². The molecule has 0 unspecified atom stereocenters. The fraction of sp³-hybridized carbons (Fsp3) is 0.667. The molecule has 6 heavy (non-hydrogen) atoms. The van der Waals surface area contributed by atoms with Gasteiger partial charge >= 0.3 is 45.7 Å². The van der Waals surface area contributed by atoms with E-state index in [1.807, 2.05) is 0 Å². The Morgan fingerprint density at radius 2 is 2.67 bits per heavy atom. The van der Waals surface area contributed by atoms with E-state index >= 15 is 0 Å². The molecule has 36 valence electrons. The minimum atomic E-state index is -0.0706. The molecule has 0 aliphatic carbocycles. The van der Waals surface area contributed by atoms with Crippen LogP contribution in [0.4, 0.5) is 0 Å². The number of hydrogen-bond acceptors (Lipinski definition) is 1. The zero-order chi connectivity index (χ0) is 4.41. The molecule has 1 aliphatic heterocycles. The number of carbonyl (C=O) groups excluding carboxylic acids is 1. The molecule has 1 aliphatic rings. The van der Waals surface area contributed by atoms with E-state index < -0.39 is 0 Å². The van der Waals surface area contributed by atoms with E-state index in [0.717, 1.165) is 11.0 Å². The first-order valence-electron chi connectivity index (χ1n) is 1.67. The van der Waals surface area contributed by atoms with Crippen LogP contribution >= 0.6 is 0 Å². The first-order chi connectivity index (χ1) is 2.89. The summed E-state index contributed by atoms with van der Waals surface area (Å²) in [4.78, 5) is 8.47. The number of cyclic esters (lactones) is 1. The van der Waals surface area contributed by atoms with Crippen LogP contribution in [-0.2, 0) is 4.74 Å². The Kier molecular flexibility index (Phi) is 1.29. The first-order valence-corrected chi connectivity index (χ1v) is 4.28. The summed E-state index contributed by atoms with van der Waals surface area (Å²) in [5.74, 6) is 0. The second kappa shape index (κ2) is 1.77. The van der Waals surface area contributed by atoms with Gasteiger partial charge in [0, 0.05) is 0 Å². The molecule has 1 heterocycles. The minimum absolute atomic E-state index is 0.0706. The third-order valence-corrected chi connectivity index (χ3v) is 2.45. The predicted molar refractivity (Wildman–Crippen MR) is 17.8 cm³/mol. The van der Waals surface area contributed by atoms with Crippen LogP contribution < -0.4 is 21.2 Å². The monoisotopic (exact) mass is 200 g/mol. The van der Waals surface area contributed by atoms with Crippen LogP contribution in [0, 0.1) is 0 Å². The summed E-state index contributed by atoms with van der Waals surface area (Å²) >= 11 is -0.0706. The van der Waals surface area contributed by atoms with Crippen LogP contribution in [-0.4, -0.2) is 19.8 Å². The van der Waals surface area contributed by atoms with E-state index in [4.69, 9.17) is 4.79 Å². The van der Waals surface area contributed by atoms with Crippen LogP contribution in [0.15, 0.2) is 0 Å². The van der Waals surface area contributed by atoms with Gasteiger partial charge in [-0.05, 0) is 0 Å². The molecule has 1 rings (SSSR count). The van der Waals surface area contributed by atoms with E-state index in [0.29, 0.717) is 3.98 Å². The van der Waals surface area contributed by atoms with Crippen LogP contribution in [0.2, 0.25) is 0 Å². The summed E-state index contributed by atoms with van der Waals surface area (Å²) in [5, 5.41) is 0. The molecule has 0 aromatic rings. The zero-order valence-corrected chi connectivity index (χ0v) is 5.31. The average Bonchev–Trinajstić information content (AvgIpc) is 1.86. The van der Waals surface area contributed by atoms with Gasteiger partial charge in [-0.1, -0.05) is 0 Å². The van der Waals surface area contributed by atoms with Crippen molar-refractivity contribution in [3.63, 3.8) is 0 Å². The van der Waals surface area contributed by atoms with Gasteiger partial charge in [-0.25, -0.2) is 0 Å². The van der Waals surface area contributed by atoms with Gasteiger partial charge < -0.3 is 0 Å². The predicted octanol–water partition coefficient (Wildman–Crippen LogP) is -3.43. The molecular formula is C3H5IO2. The molecule has 1 saturated heterocycles.